The van der Waals surface area contributed by atoms with E-state index in [1.54, 1.807) is 0 Å². The van der Waals surface area contributed by atoms with E-state index >= 15 is 0 Å². The second-order valence-corrected chi connectivity index (χ2v) is 4.79. The maximum Gasteiger partial charge on any atom is 0.229 e. The summed E-state index contributed by atoms with van der Waals surface area (Å²) in [5.41, 5.74) is 5.51. The number of hydrogen-bond donors (Lipinski definition) is 2. The second-order valence-electron chi connectivity index (χ2n) is 4.45. The molecule has 0 spiro atoms. The van der Waals surface area contributed by atoms with E-state index in [1.807, 2.05) is 0 Å². The number of anilines is 2. The Morgan fingerprint density at radius 2 is 2.00 bits per heavy atom. The molecule has 2 rings (SSSR count). The molecule has 3 atom stereocenters. The third kappa shape index (κ3) is 2.35. The minimum atomic E-state index is 0.133. The van der Waals surface area contributed by atoms with Crippen LogP contribution in [0.2, 0.25) is 5.28 Å². The monoisotopic (exact) mass is 241 g/mol. The van der Waals surface area contributed by atoms with Crippen molar-refractivity contribution in [3.8, 4) is 0 Å². The average molecular weight is 242 g/mol. The summed E-state index contributed by atoms with van der Waals surface area (Å²) in [5.74, 6) is 1.97. The van der Waals surface area contributed by atoms with Gasteiger partial charge in [-0.3, -0.25) is 0 Å². The summed E-state index contributed by atoms with van der Waals surface area (Å²) in [5, 5.41) is 3.41. The standard InChI is InChI=1S/C10H16ClN5/c1-5-3-4-7(6(5)2)13-10-15-8(11)14-9(12)16-10/h5-7H,3-4H2,1-2H3,(H3,12,13,14,15,16). The number of hydrogen-bond acceptors (Lipinski definition) is 5. The quantitative estimate of drug-likeness (QED) is 0.828. The molecule has 0 radical (unpaired) electrons. The first-order chi connectivity index (χ1) is 7.56. The van der Waals surface area contributed by atoms with Crippen LogP contribution in [0.5, 0.6) is 0 Å². The summed E-state index contributed by atoms with van der Waals surface area (Å²) in [6.07, 6.45) is 2.36. The third-order valence-electron chi connectivity index (χ3n) is 3.41. The van der Waals surface area contributed by atoms with E-state index in [-0.39, 0.29) is 11.2 Å². The molecule has 1 saturated carbocycles. The lowest BCUT2D eigenvalue weighted by atomic mass is 9.98. The van der Waals surface area contributed by atoms with Gasteiger partial charge in [0.2, 0.25) is 17.2 Å². The molecule has 0 aliphatic heterocycles. The summed E-state index contributed by atoms with van der Waals surface area (Å²) < 4.78 is 0. The molecule has 1 fully saturated rings. The van der Waals surface area contributed by atoms with E-state index in [2.05, 4.69) is 34.1 Å². The van der Waals surface area contributed by atoms with E-state index in [0.29, 0.717) is 17.9 Å². The molecule has 3 unspecified atom stereocenters. The van der Waals surface area contributed by atoms with Gasteiger partial charge in [0, 0.05) is 6.04 Å². The molecule has 1 aromatic heterocycles. The van der Waals surface area contributed by atoms with Crippen LogP contribution in [0, 0.1) is 11.8 Å². The zero-order valence-electron chi connectivity index (χ0n) is 9.44. The topological polar surface area (TPSA) is 76.7 Å². The second kappa shape index (κ2) is 4.41. The number of halogens is 1. The van der Waals surface area contributed by atoms with Crippen molar-refractivity contribution in [2.75, 3.05) is 11.1 Å². The zero-order valence-corrected chi connectivity index (χ0v) is 10.2. The molecule has 5 nitrogen and oxygen atoms in total. The highest BCUT2D eigenvalue weighted by Crippen LogP contribution is 2.32. The molecule has 88 valence electrons. The molecule has 0 aromatic carbocycles. The molecule has 3 N–H and O–H groups in total. The van der Waals surface area contributed by atoms with Crippen molar-refractivity contribution in [1.29, 1.82) is 0 Å². The van der Waals surface area contributed by atoms with E-state index in [1.165, 1.54) is 6.42 Å². The maximum atomic E-state index is 5.72. The van der Waals surface area contributed by atoms with Crippen LogP contribution in [0.15, 0.2) is 0 Å². The third-order valence-corrected chi connectivity index (χ3v) is 3.57. The van der Waals surface area contributed by atoms with Crippen LogP contribution in [0.1, 0.15) is 26.7 Å². The fourth-order valence-corrected chi connectivity index (χ4v) is 2.33. The van der Waals surface area contributed by atoms with Gasteiger partial charge in [0.15, 0.2) is 0 Å². The predicted octanol–water partition coefficient (Wildman–Crippen LogP) is 1.95. The highest BCUT2D eigenvalue weighted by atomic mass is 35.5. The van der Waals surface area contributed by atoms with Crippen molar-refractivity contribution >= 4 is 23.5 Å². The zero-order chi connectivity index (χ0) is 11.7. The van der Waals surface area contributed by atoms with Crippen LogP contribution in [-0.2, 0) is 0 Å². The van der Waals surface area contributed by atoms with Gasteiger partial charge in [0.1, 0.15) is 0 Å². The fraction of sp³-hybridized carbons (Fsp3) is 0.700. The minimum absolute atomic E-state index is 0.133. The Kier molecular flexibility index (Phi) is 3.14. The highest BCUT2D eigenvalue weighted by Gasteiger charge is 2.30. The first-order valence-electron chi connectivity index (χ1n) is 5.50. The SMILES string of the molecule is CC1CCC(Nc2nc(N)nc(Cl)n2)C1C. The van der Waals surface area contributed by atoms with Crippen molar-refractivity contribution in [2.24, 2.45) is 11.8 Å². The van der Waals surface area contributed by atoms with Crippen LogP contribution in [0.25, 0.3) is 0 Å². The number of rotatable bonds is 2. The van der Waals surface area contributed by atoms with Crippen LogP contribution in [0.3, 0.4) is 0 Å². The van der Waals surface area contributed by atoms with Gasteiger partial charge in [-0.25, -0.2) is 0 Å². The molecule has 1 aliphatic carbocycles. The summed E-state index contributed by atoms with van der Waals surface area (Å²) in [6, 6.07) is 0.396. The number of nitrogen functional groups attached to an aromatic ring is 1. The van der Waals surface area contributed by atoms with E-state index in [9.17, 15) is 0 Å². The Balaban J connectivity index is 2.09. The molecular weight excluding hydrogens is 226 g/mol. The Bertz CT molecular complexity index is 363. The lowest BCUT2D eigenvalue weighted by Crippen LogP contribution is -2.25. The van der Waals surface area contributed by atoms with Crippen LogP contribution in [0.4, 0.5) is 11.9 Å². The number of nitrogens with two attached hydrogens (primary N) is 1. The first kappa shape index (κ1) is 11.4. The summed E-state index contributed by atoms with van der Waals surface area (Å²) in [6.45, 7) is 4.50. The molecule has 6 heteroatoms. The summed E-state index contributed by atoms with van der Waals surface area (Å²) in [7, 11) is 0. The predicted molar refractivity (Wildman–Crippen MR) is 64.2 cm³/mol. The fourth-order valence-electron chi connectivity index (χ4n) is 2.16. The van der Waals surface area contributed by atoms with Crippen LogP contribution < -0.4 is 11.1 Å². The van der Waals surface area contributed by atoms with Crippen molar-refractivity contribution in [1.82, 2.24) is 15.0 Å². The normalized spacial score (nSPS) is 29.3. The van der Waals surface area contributed by atoms with Crippen molar-refractivity contribution in [3.05, 3.63) is 5.28 Å². The smallest absolute Gasteiger partial charge is 0.229 e. The number of nitrogens with one attached hydrogen (secondary N) is 1. The molecule has 0 amide bonds. The lowest BCUT2D eigenvalue weighted by Gasteiger charge is -2.19. The van der Waals surface area contributed by atoms with Crippen molar-refractivity contribution in [3.63, 3.8) is 0 Å². The van der Waals surface area contributed by atoms with Gasteiger partial charge in [-0.15, -0.1) is 0 Å². The lowest BCUT2D eigenvalue weighted by molar-refractivity contribution is 0.434. The molecule has 1 aromatic rings. The Morgan fingerprint density at radius 1 is 1.25 bits per heavy atom. The Morgan fingerprint density at radius 3 is 2.56 bits per heavy atom. The summed E-state index contributed by atoms with van der Waals surface area (Å²) >= 11 is 5.72. The van der Waals surface area contributed by atoms with Gasteiger partial charge in [-0.2, -0.15) is 15.0 Å². The molecule has 1 heterocycles. The molecular formula is C10H16ClN5. The minimum Gasteiger partial charge on any atom is -0.368 e. The summed E-state index contributed by atoms with van der Waals surface area (Å²) in [4.78, 5) is 11.7. The number of nitrogens with zero attached hydrogens (tertiary/aromatic N) is 3. The van der Waals surface area contributed by atoms with E-state index in [4.69, 9.17) is 17.3 Å². The van der Waals surface area contributed by atoms with Gasteiger partial charge >= 0.3 is 0 Å². The maximum absolute atomic E-state index is 5.72. The van der Waals surface area contributed by atoms with Gasteiger partial charge in [0.25, 0.3) is 0 Å². The van der Waals surface area contributed by atoms with E-state index < -0.39 is 0 Å². The first-order valence-corrected chi connectivity index (χ1v) is 5.87. The largest absolute Gasteiger partial charge is 0.368 e. The van der Waals surface area contributed by atoms with Gasteiger partial charge in [-0.1, -0.05) is 13.8 Å². The Labute approximate surface area is 99.8 Å². The van der Waals surface area contributed by atoms with Crippen molar-refractivity contribution in [2.45, 2.75) is 32.7 Å². The van der Waals surface area contributed by atoms with E-state index in [0.717, 1.165) is 12.3 Å². The Hall–Kier alpha value is -1.10. The molecule has 16 heavy (non-hydrogen) atoms. The van der Waals surface area contributed by atoms with Crippen LogP contribution >= 0.6 is 11.6 Å². The average Bonchev–Trinajstić information content (AvgIpc) is 2.48. The molecule has 0 saturated heterocycles. The van der Waals surface area contributed by atoms with Gasteiger partial charge in [-0.05, 0) is 36.3 Å². The molecule has 1 aliphatic rings. The highest BCUT2D eigenvalue weighted by molar-refractivity contribution is 6.28. The van der Waals surface area contributed by atoms with Gasteiger partial charge < -0.3 is 11.1 Å². The van der Waals surface area contributed by atoms with Crippen molar-refractivity contribution < 1.29 is 0 Å². The van der Waals surface area contributed by atoms with Gasteiger partial charge in [0.05, 0.1) is 0 Å². The van der Waals surface area contributed by atoms with Crippen LogP contribution in [-0.4, -0.2) is 21.0 Å². The number of aromatic nitrogens is 3. The molecule has 0 bridgehead atoms.